The van der Waals surface area contributed by atoms with Crippen LogP contribution in [0.3, 0.4) is 0 Å². The van der Waals surface area contributed by atoms with Crippen LogP contribution in [-0.4, -0.2) is 0 Å². The first-order valence-electron chi connectivity index (χ1n) is 6.75. The van der Waals surface area contributed by atoms with Crippen LogP contribution in [0.2, 0.25) is 0 Å². The first-order chi connectivity index (χ1) is 10.6. The van der Waals surface area contributed by atoms with Crippen molar-refractivity contribution in [3.8, 4) is 12.1 Å². The van der Waals surface area contributed by atoms with Crippen molar-refractivity contribution in [3.05, 3.63) is 65.4 Å². The van der Waals surface area contributed by atoms with Crippen LogP contribution >= 0.6 is 11.8 Å². The van der Waals surface area contributed by atoms with Gasteiger partial charge in [-0.15, -0.1) is 0 Å². The first kappa shape index (κ1) is 15.7. The molecule has 0 saturated heterocycles. The molecule has 3 nitrogen and oxygen atoms in total. The zero-order valence-electron chi connectivity index (χ0n) is 12.4. The third-order valence-corrected chi connectivity index (χ3v) is 4.30. The molecule has 0 aromatic heterocycles. The van der Waals surface area contributed by atoms with Gasteiger partial charge in [0.1, 0.15) is 17.7 Å². The SMILES string of the molecule is Cc1ccc(Sc2ccccc2NC=C(C#N)C#N)c(C)c1. The summed E-state index contributed by atoms with van der Waals surface area (Å²) in [6, 6.07) is 17.9. The standard InChI is InChI=1S/C18H15N3S/c1-13-7-8-17(14(2)9-13)22-18-6-4-3-5-16(18)21-12-15(10-19)11-20/h3-9,12,21H,1-2H3. The summed E-state index contributed by atoms with van der Waals surface area (Å²) in [5, 5.41) is 20.6. The molecule has 0 fully saturated rings. The van der Waals surface area contributed by atoms with E-state index >= 15 is 0 Å². The van der Waals surface area contributed by atoms with E-state index in [0.717, 1.165) is 10.6 Å². The molecule has 2 rings (SSSR count). The van der Waals surface area contributed by atoms with Crippen LogP contribution in [-0.2, 0) is 0 Å². The summed E-state index contributed by atoms with van der Waals surface area (Å²) in [6.45, 7) is 4.17. The van der Waals surface area contributed by atoms with Gasteiger partial charge in [0.2, 0.25) is 0 Å². The van der Waals surface area contributed by atoms with E-state index in [1.54, 1.807) is 11.8 Å². The molecule has 0 amide bonds. The molecular weight excluding hydrogens is 290 g/mol. The van der Waals surface area contributed by atoms with Gasteiger partial charge in [-0.25, -0.2) is 0 Å². The molecule has 0 bridgehead atoms. The second-order valence-electron chi connectivity index (χ2n) is 4.79. The number of aryl methyl sites for hydroxylation is 2. The quantitative estimate of drug-likeness (QED) is 0.824. The van der Waals surface area contributed by atoms with Crippen LogP contribution in [0.5, 0.6) is 0 Å². The lowest BCUT2D eigenvalue weighted by Gasteiger charge is -2.11. The molecule has 22 heavy (non-hydrogen) atoms. The van der Waals surface area contributed by atoms with E-state index in [0.29, 0.717) is 0 Å². The Kier molecular flexibility index (Phi) is 5.25. The molecule has 0 saturated carbocycles. The van der Waals surface area contributed by atoms with Crippen LogP contribution in [0.4, 0.5) is 5.69 Å². The molecule has 0 aliphatic carbocycles. The van der Waals surface area contributed by atoms with Crippen molar-refractivity contribution >= 4 is 17.4 Å². The van der Waals surface area contributed by atoms with Gasteiger partial charge >= 0.3 is 0 Å². The van der Waals surface area contributed by atoms with E-state index in [1.807, 2.05) is 36.4 Å². The average molecular weight is 305 g/mol. The van der Waals surface area contributed by atoms with Gasteiger partial charge in [0.05, 0.1) is 5.69 Å². The molecular formula is C18H15N3S. The van der Waals surface area contributed by atoms with Crippen LogP contribution < -0.4 is 5.32 Å². The molecule has 0 unspecified atom stereocenters. The number of nitrogens with zero attached hydrogens (tertiary/aromatic N) is 2. The second kappa shape index (κ2) is 7.36. The highest BCUT2D eigenvalue weighted by Gasteiger charge is 2.06. The number of benzene rings is 2. The molecule has 0 heterocycles. The summed E-state index contributed by atoms with van der Waals surface area (Å²) in [5.41, 5.74) is 3.38. The third kappa shape index (κ3) is 3.91. The zero-order valence-corrected chi connectivity index (χ0v) is 13.2. The monoisotopic (exact) mass is 305 g/mol. The Morgan fingerprint density at radius 2 is 1.77 bits per heavy atom. The maximum atomic E-state index is 8.78. The molecule has 0 atom stereocenters. The number of allylic oxidation sites excluding steroid dienone is 1. The fourth-order valence-electron chi connectivity index (χ4n) is 1.95. The van der Waals surface area contributed by atoms with Crippen molar-refractivity contribution in [1.29, 1.82) is 10.5 Å². The topological polar surface area (TPSA) is 59.6 Å². The van der Waals surface area contributed by atoms with E-state index in [2.05, 4.69) is 37.4 Å². The number of hydrogen-bond donors (Lipinski definition) is 1. The van der Waals surface area contributed by atoms with Crippen molar-refractivity contribution in [1.82, 2.24) is 0 Å². The summed E-state index contributed by atoms with van der Waals surface area (Å²) in [7, 11) is 0. The maximum absolute atomic E-state index is 8.78. The van der Waals surface area contributed by atoms with E-state index in [4.69, 9.17) is 10.5 Å². The van der Waals surface area contributed by atoms with Gasteiger partial charge in [0, 0.05) is 16.0 Å². The number of rotatable bonds is 4. The highest BCUT2D eigenvalue weighted by molar-refractivity contribution is 7.99. The summed E-state index contributed by atoms with van der Waals surface area (Å²) in [4.78, 5) is 2.23. The Hall–Kier alpha value is -2.69. The van der Waals surface area contributed by atoms with Gasteiger partial charge in [-0.2, -0.15) is 10.5 Å². The van der Waals surface area contributed by atoms with Gasteiger partial charge in [-0.05, 0) is 37.6 Å². The lowest BCUT2D eigenvalue weighted by molar-refractivity contribution is 1.26. The predicted molar refractivity (Wildman–Crippen MR) is 89.4 cm³/mol. The average Bonchev–Trinajstić information content (AvgIpc) is 2.52. The number of hydrogen-bond acceptors (Lipinski definition) is 4. The highest BCUT2D eigenvalue weighted by atomic mass is 32.2. The van der Waals surface area contributed by atoms with Crippen LogP contribution in [0.1, 0.15) is 11.1 Å². The van der Waals surface area contributed by atoms with Gasteiger partial charge in [0.15, 0.2) is 0 Å². The summed E-state index contributed by atoms with van der Waals surface area (Å²) < 4.78 is 0. The van der Waals surface area contributed by atoms with Crippen LogP contribution in [0.25, 0.3) is 0 Å². The minimum Gasteiger partial charge on any atom is -0.359 e. The molecule has 0 aliphatic rings. The van der Waals surface area contributed by atoms with E-state index < -0.39 is 0 Å². The molecule has 108 valence electrons. The molecule has 0 radical (unpaired) electrons. The first-order valence-corrected chi connectivity index (χ1v) is 7.56. The molecule has 2 aromatic rings. The van der Waals surface area contributed by atoms with Gasteiger partial charge in [0.25, 0.3) is 0 Å². The number of nitriles is 2. The van der Waals surface area contributed by atoms with Crippen molar-refractivity contribution in [2.45, 2.75) is 23.6 Å². The Morgan fingerprint density at radius 3 is 2.45 bits per heavy atom. The Balaban J connectivity index is 2.27. The van der Waals surface area contributed by atoms with Crippen molar-refractivity contribution < 1.29 is 0 Å². The van der Waals surface area contributed by atoms with Gasteiger partial charge < -0.3 is 5.32 Å². The van der Waals surface area contributed by atoms with Crippen LogP contribution in [0.15, 0.2) is 64.0 Å². The third-order valence-electron chi connectivity index (χ3n) is 3.05. The van der Waals surface area contributed by atoms with E-state index in [-0.39, 0.29) is 5.57 Å². The fourth-order valence-corrected chi connectivity index (χ4v) is 2.92. The lowest BCUT2D eigenvalue weighted by Crippen LogP contribution is -1.92. The molecule has 4 heteroatoms. The van der Waals surface area contributed by atoms with Gasteiger partial charge in [-0.1, -0.05) is 41.6 Å². The van der Waals surface area contributed by atoms with Crippen molar-refractivity contribution in [2.24, 2.45) is 0 Å². The Morgan fingerprint density at radius 1 is 1.05 bits per heavy atom. The smallest absolute Gasteiger partial charge is 0.145 e. The van der Waals surface area contributed by atoms with Crippen molar-refractivity contribution in [3.63, 3.8) is 0 Å². The maximum Gasteiger partial charge on any atom is 0.145 e. The van der Waals surface area contributed by atoms with E-state index in [9.17, 15) is 0 Å². The van der Waals surface area contributed by atoms with Gasteiger partial charge in [-0.3, -0.25) is 0 Å². The molecule has 0 spiro atoms. The minimum atomic E-state index is 0.0475. The van der Waals surface area contributed by atoms with Crippen LogP contribution in [0, 0.1) is 36.5 Å². The number of anilines is 1. The Bertz CT molecular complexity index is 779. The fraction of sp³-hybridized carbons (Fsp3) is 0.111. The normalized spacial score (nSPS) is 9.45. The van der Waals surface area contributed by atoms with E-state index in [1.165, 1.54) is 22.2 Å². The zero-order chi connectivity index (χ0) is 15.9. The Labute approximate surface area is 134 Å². The second-order valence-corrected chi connectivity index (χ2v) is 5.88. The largest absolute Gasteiger partial charge is 0.359 e. The summed E-state index contributed by atoms with van der Waals surface area (Å²) in [6.07, 6.45) is 1.43. The summed E-state index contributed by atoms with van der Waals surface area (Å²) >= 11 is 1.66. The number of para-hydroxylation sites is 1. The molecule has 1 N–H and O–H groups in total. The molecule has 0 aliphatic heterocycles. The highest BCUT2D eigenvalue weighted by Crippen LogP contribution is 2.35. The number of nitrogens with one attached hydrogen (secondary N) is 1. The predicted octanol–water partition coefficient (Wildman–Crippen LogP) is 4.80. The van der Waals surface area contributed by atoms with Crippen molar-refractivity contribution in [2.75, 3.05) is 5.32 Å². The molecule has 2 aromatic carbocycles. The minimum absolute atomic E-state index is 0.0475. The lowest BCUT2D eigenvalue weighted by atomic mass is 10.2. The summed E-state index contributed by atoms with van der Waals surface area (Å²) in [5.74, 6) is 0.